The van der Waals surface area contributed by atoms with E-state index in [0.717, 1.165) is 24.3 Å². The van der Waals surface area contributed by atoms with Gasteiger partial charge in [-0.3, -0.25) is 14.4 Å². The van der Waals surface area contributed by atoms with Crippen LogP contribution in [0, 0.1) is 13.8 Å². The summed E-state index contributed by atoms with van der Waals surface area (Å²) in [6, 6.07) is 24.5. The second-order valence-electron chi connectivity index (χ2n) is 18.1. The minimum Gasteiger partial charge on any atom is -0.506 e. The Hall–Kier alpha value is -9.02. The molecule has 7 rings (SSSR count). The number of carbonyl (C=O) groups is 4. The molecule has 7 aromatic carbocycles. The van der Waals surface area contributed by atoms with Gasteiger partial charge in [-0.25, -0.2) is 0 Å². The standard InChI is InChI=1S/C54H40F12N4O6.C3H6O/c1-29-10-16-35(26-40(29)68-46(73)31-7-5-4-6-8-31)50(53(61,62)63,54(64,65)66)37-18-24-45(72)43(28-37)70-48(75)33-13-21-39(22-14-33)76-38-19-11-32(12-20-38)47(74)69-41-25-34(15-9-30(41)2)49(51(55,56)57,52(58,59)60)36-17-23-44(71)42(27-36)67-3;1-3(2)4/h4-28,67,71-72H,1-3H3,(H,68,73)(H,69,74)(H,70,75);1-2H3. The molecule has 0 aliphatic heterocycles. The molecule has 0 aromatic heterocycles. The number of amides is 3. The second-order valence-corrected chi connectivity index (χ2v) is 18.1. The van der Waals surface area contributed by atoms with Crippen LogP contribution in [0.3, 0.4) is 0 Å². The highest BCUT2D eigenvalue weighted by Gasteiger charge is 2.74. The van der Waals surface area contributed by atoms with Gasteiger partial charge in [0.05, 0.1) is 11.4 Å². The maximum atomic E-state index is 15.2. The summed E-state index contributed by atoms with van der Waals surface area (Å²) in [5.74, 6) is -4.05. The van der Waals surface area contributed by atoms with E-state index in [4.69, 9.17) is 4.74 Å². The molecule has 0 aliphatic carbocycles. The number of hydrogen-bond acceptors (Lipinski definition) is 8. The van der Waals surface area contributed by atoms with Gasteiger partial charge in [0.2, 0.25) is 10.8 Å². The van der Waals surface area contributed by atoms with Gasteiger partial charge >= 0.3 is 24.7 Å². The predicted octanol–water partition coefficient (Wildman–Crippen LogP) is 14.7. The van der Waals surface area contributed by atoms with Crippen LogP contribution in [0.5, 0.6) is 23.0 Å². The number of carbonyl (C=O) groups excluding carboxylic acids is 4. The number of rotatable bonds is 13. The van der Waals surface area contributed by atoms with Crippen molar-refractivity contribution in [2.45, 2.75) is 63.2 Å². The SMILES string of the molecule is CC(C)=O.CNc1cc(C(c2ccc(C)c(NC(=O)c3ccc(Oc4ccc(C(=O)Nc5cc(C(c6ccc(C)c(NC(=O)c7ccccc7)c6)(C(F)(F)F)C(F)(F)F)ccc5O)cc4)cc3)c2)(C(F)(F)F)C(F)(F)F)ccc1O. The van der Waals surface area contributed by atoms with Crippen LogP contribution < -0.4 is 26.0 Å². The van der Waals surface area contributed by atoms with Crippen LogP contribution in [-0.4, -0.2) is 65.5 Å². The monoisotopic (exact) mass is 1130 g/mol. The van der Waals surface area contributed by atoms with E-state index in [1.165, 1.54) is 95.4 Å². The van der Waals surface area contributed by atoms with E-state index in [1.54, 1.807) is 6.07 Å². The molecule has 0 spiro atoms. The first kappa shape index (κ1) is 60.2. The third-order valence-corrected chi connectivity index (χ3v) is 12.4. The lowest BCUT2D eigenvalue weighted by atomic mass is 9.72. The predicted molar refractivity (Wildman–Crippen MR) is 274 cm³/mol. The number of benzene rings is 7. The molecule has 23 heteroatoms. The number of halogens is 12. The molecule has 420 valence electrons. The van der Waals surface area contributed by atoms with Crippen LogP contribution in [0.1, 0.15) is 78.3 Å². The van der Waals surface area contributed by atoms with E-state index in [-0.39, 0.29) is 56.5 Å². The summed E-state index contributed by atoms with van der Waals surface area (Å²) in [5, 5.41) is 29.8. The van der Waals surface area contributed by atoms with Crippen LogP contribution >= 0.6 is 0 Å². The van der Waals surface area contributed by atoms with E-state index < -0.39 is 98.4 Å². The van der Waals surface area contributed by atoms with E-state index in [0.29, 0.717) is 60.7 Å². The number of ether oxygens (including phenoxy) is 1. The van der Waals surface area contributed by atoms with Gasteiger partial charge in [-0.2, -0.15) is 52.7 Å². The maximum Gasteiger partial charge on any atom is 0.411 e. The fourth-order valence-electron chi connectivity index (χ4n) is 8.44. The number of phenols is 2. The first-order valence-electron chi connectivity index (χ1n) is 23.4. The molecule has 7 aromatic rings. The van der Waals surface area contributed by atoms with Crippen molar-refractivity contribution >= 4 is 46.3 Å². The van der Waals surface area contributed by atoms with Crippen molar-refractivity contribution in [1.82, 2.24) is 0 Å². The number of phenolic OH excluding ortho intramolecular Hbond substituents is 2. The lowest BCUT2D eigenvalue weighted by Gasteiger charge is -2.39. The van der Waals surface area contributed by atoms with Crippen molar-refractivity contribution in [3.05, 3.63) is 202 Å². The summed E-state index contributed by atoms with van der Waals surface area (Å²) >= 11 is 0. The van der Waals surface area contributed by atoms with Gasteiger partial charge in [0.25, 0.3) is 17.7 Å². The van der Waals surface area contributed by atoms with Crippen LogP contribution in [-0.2, 0) is 15.6 Å². The minimum atomic E-state index is -6.10. The van der Waals surface area contributed by atoms with Gasteiger partial charge in [-0.15, -0.1) is 0 Å². The Kier molecular flexibility index (Phi) is 17.4. The summed E-state index contributed by atoms with van der Waals surface area (Å²) < 4.78 is 187. The molecule has 0 bridgehead atoms. The lowest BCUT2D eigenvalue weighted by molar-refractivity contribution is -0.290. The largest absolute Gasteiger partial charge is 0.506 e. The molecule has 0 atom stereocenters. The molecule has 3 amide bonds. The van der Waals surface area contributed by atoms with Crippen molar-refractivity contribution in [2.75, 3.05) is 28.3 Å². The summed E-state index contributed by atoms with van der Waals surface area (Å²) in [5.41, 5.74) is -16.7. The van der Waals surface area contributed by atoms with Crippen molar-refractivity contribution < 1.29 is 86.8 Å². The minimum absolute atomic E-state index is 0.0527. The number of aryl methyl sites for hydroxylation is 2. The van der Waals surface area contributed by atoms with Gasteiger partial charge < -0.3 is 41.0 Å². The topological polar surface area (TPSA) is 166 Å². The van der Waals surface area contributed by atoms with Crippen LogP contribution in [0.2, 0.25) is 0 Å². The van der Waals surface area contributed by atoms with Gasteiger partial charge in [0, 0.05) is 35.1 Å². The van der Waals surface area contributed by atoms with Crippen LogP contribution in [0.25, 0.3) is 0 Å². The molecule has 0 saturated heterocycles. The molecule has 0 unspecified atom stereocenters. The highest BCUT2D eigenvalue weighted by Crippen LogP contribution is 2.59. The van der Waals surface area contributed by atoms with Gasteiger partial charge in [-0.1, -0.05) is 54.6 Å². The zero-order valence-electron chi connectivity index (χ0n) is 42.4. The Morgan fingerprint density at radius 3 is 1.02 bits per heavy atom. The number of nitrogens with one attached hydrogen (secondary N) is 4. The van der Waals surface area contributed by atoms with Crippen LogP contribution in [0.4, 0.5) is 75.4 Å². The van der Waals surface area contributed by atoms with Crippen molar-refractivity contribution in [3.8, 4) is 23.0 Å². The average Bonchev–Trinajstić information content (AvgIpc) is 2.95. The number of Topliss-reactive ketones (excluding diaryl/α,β-unsaturated/α-hetero) is 1. The van der Waals surface area contributed by atoms with Crippen molar-refractivity contribution in [1.29, 1.82) is 0 Å². The molecule has 0 fully saturated rings. The third-order valence-electron chi connectivity index (χ3n) is 12.4. The Morgan fingerprint density at radius 1 is 0.400 bits per heavy atom. The molecular weight excluding hydrogens is 1080 g/mol. The fraction of sp³-hybridized carbons (Fsp3) is 0.193. The van der Waals surface area contributed by atoms with Gasteiger partial charge in [0.1, 0.15) is 28.8 Å². The third kappa shape index (κ3) is 12.3. The first-order valence-corrected chi connectivity index (χ1v) is 23.4. The fourth-order valence-corrected chi connectivity index (χ4v) is 8.44. The summed E-state index contributed by atoms with van der Waals surface area (Å²) in [7, 11) is 1.19. The van der Waals surface area contributed by atoms with E-state index >= 15 is 26.3 Å². The van der Waals surface area contributed by atoms with E-state index in [1.807, 2.05) is 0 Å². The smallest absolute Gasteiger partial charge is 0.411 e. The average molecular weight is 1130 g/mol. The van der Waals surface area contributed by atoms with E-state index in [9.17, 15) is 55.7 Å². The lowest BCUT2D eigenvalue weighted by Crippen LogP contribution is -2.54. The Labute approximate surface area is 448 Å². The van der Waals surface area contributed by atoms with Gasteiger partial charge in [-0.05, 0) is 158 Å². The molecule has 80 heavy (non-hydrogen) atoms. The highest BCUT2D eigenvalue weighted by atomic mass is 19.4. The summed E-state index contributed by atoms with van der Waals surface area (Å²) in [4.78, 5) is 49.1. The van der Waals surface area contributed by atoms with Crippen molar-refractivity contribution in [3.63, 3.8) is 0 Å². The Morgan fingerprint density at radius 2 is 0.688 bits per heavy atom. The number of hydrogen-bond donors (Lipinski definition) is 6. The molecule has 11 nitrogen and oxygen atoms in total. The zero-order valence-corrected chi connectivity index (χ0v) is 42.4. The number of ketones is 1. The summed E-state index contributed by atoms with van der Waals surface area (Å²) in [6.45, 7) is 5.76. The Balaban J connectivity index is 0.00000249. The molecule has 0 radical (unpaired) electrons. The maximum absolute atomic E-state index is 15.2. The number of aromatic hydroxyl groups is 2. The number of anilines is 4. The zero-order chi connectivity index (χ0) is 59.3. The molecule has 0 saturated carbocycles. The van der Waals surface area contributed by atoms with Crippen molar-refractivity contribution in [2.24, 2.45) is 0 Å². The van der Waals surface area contributed by atoms with Crippen LogP contribution in [0.15, 0.2) is 152 Å². The molecular formula is C57H46F12N4O7. The quantitative estimate of drug-likeness (QED) is 0.0490. The first-order chi connectivity index (χ1) is 37.3. The van der Waals surface area contributed by atoms with Gasteiger partial charge in [0.15, 0.2) is 0 Å². The summed E-state index contributed by atoms with van der Waals surface area (Å²) in [6.07, 6.45) is -24.2. The molecule has 0 heterocycles. The second kappa shape index (κ2) is 23.1. The molecule has 6 N–H and O–H groups in total. The number of alkyl halides is 12. The van der Waals surface area contributed by atoms with E-state index in [2.05, 4.69) is 21.3 Å². The highest BCUT2D eigenvalue weighted by molar-refractivity contribution is 6.06. The normalized spacial score (nSPS) is 12.1. The molecule has 0 aliphatic rings. The Bertz CT molecular complexity index is 3390.